The second-order valence-electron chi connectivity index (χ2n) is 5.75. The van der Waals surface area contributed by atoms with E-state index >= 15 is 0 Å². The molecule has 0 saturated heterocycles. The third-order valence-corrected chi connectivity index (χ3v) is 4.16. The zero-order chi connectivity index (χ0) is 15.5. The summed E-state index contributed by atoms with van der Waals surface area (Å²) in [5.74, 6) is -0.929. The third kappa shape index (κ3) is 2.92. The van der Waals surface area contributed by atoms with Crippen LogP contribution in [0.3, 0.4) is 0 Å². The largest absolute Gasteiger partial charge is 0.476 e. The van der Waals surface area contributed by atoms with E-state index < -0.39 is 5.97 Å². The predicted octanol–water partition coefficient (Wildman–Crippen LogP) is 2.23. The van der Waals surface area contributed by atoms with Gasteiger partial charge in [-0.3, -0.25) is 4.68 Å². The Bertz CT molecular complexity index is 646. The highest BCUT2D eigenvalue weighted by Crippen LogP contribution is 2.25. The molecule has 1 aliphatic rings. The van der Waals surface area contributed by atoms with Gasteiger partial charge < -0.3 is 14.8 Å². The zero-order valence-corrected chi connectivity index (χ0v) is 12.7. The third-order valence-electron chi connectivity index (χ3n) is 4.16. The van der Waals surface area contributed by atoms with Gasteiger partial charge in [0.1, 0.15) is 0 Å². The number of hydrogen-bond donors (Lipinski definition) is 2. The lowest BCUT2D eigenvalue weighted by Gasteiger charge is -2.24. The van der Waals surface area contributed by atoms with E-state index in [9.17, 15) is 9.90 Å². The number of fused-ring (bicyclic) bond motifs is 1. The Hall–Kier alpha value is -2.08. The number of hydrogen-bond acceptors (Lipinski definition) is 4. The van der Waals surface area contributed by atoms with Gasteiger partial charge in [-0.1, -0.05) is 6.92 Å². The fraction of sp³-hybridized carbons (Fsp3) is 0.500. The van der Waals surface area contributed by atoms with Crippen molar-refractivity contribution in [3.63, 3.8) is 0 Å². The van der Waals surface area contributed by atoms with Crippen LogP contribution in [0.5, 0.6) is 0 Å². The highest BCUT2D eigenvalue weighted by atomic mass is 16.4. The number of rotatable bonds is 6. The maximum absolute atomic E-state index is 11.4. The van der Waals surface area contributed by atoms with Crippen LogP contribution in [0.1, 0.15) is 47.1 Å². The fourth-order valence-electron chi connectivity index (χ4n) is 3.09. The number of nitrogens with zero attached hydrogens (tertiary/aromatic N) is 2. The van der Waals surface area contributed by atoms with Crippen molar-refractivity contribution >= 4 is 5.97 Å². The fourth-order valence-corrected chi connectivity index (χ4v) is 3.09. The van der Waals surface area contributed by atoms with E-state index in [0.717, 1.165) is 55.6 Å². The van der Waals surface area contributed by atoms with E-state index in [4.69, 9.17) is 4.42 Å². The van der Waals surface area contributed by atoms with Gasteiger partial charge in [-0.15, -0.1) is 0 Å². The molecule has 0 aromatic carbocycles. The Morgan fingerprint density at radius 2 is 2.45 bits per heavy atom. The van der Waals surface area contributed by atoms with Crippen LogP contribution in [0.15, 0.2) is 23.0 Å². The molecule has 1 aliphatic carbocycles. The van der Waals surface area contributed by atoms with Crippen molar-refractivity contribution in [2.45, 2.75) is 51.7 Å². The van der Waals surface area contributed by atoms with Crippen LogP contribution in [-0.4, -0.2) is 26.9 Å². The Kier molecular flexibility index (Phi) is 4.29. The summed E-state index contributed by atoms with van der Waals surface area (Å²) >= 11 is 0. The van der Waals surface area contributed by atoms with Gasteiger partial charge in [0.2, 0.25) is 0 Å². The van der Waals surface area contributed by atoms with E-state index in [2.05, 4.69) is 17.3 Å². The van der Waals surface area contributed by atoms with Crippen LogP contribution in [0.25, 0.3) is 0 Å². The summed E-state index contributed by atoms with van der Waals surface area (Å²) in [4.78, 5) is 11.4. The molecule has 0 spiro atoms. The molecule has 0 fully saturated rings. The second-order valence-corrected chi connectivity index (χ2v) is 5.75. The van der Waals surface area contributed by atoms with Gasteiger partial charge >= 0.3 is 5.97 Å². The van der Waals surface area contributed by atoms with Crippen LogP contribution in [0, 0.1) is 0 Å². The van der Waals surface area contributed by atoms with Crippen LogP contribution < -0.4 is 5.32 Å². The molecule has 3 rings (SSSR count). The number of aryl methyl sites for hydroxylation is 1. The van der Waals surface area contributed by atoms with Gasteiger partial charge in [-0.05, 0) is 31.7 Å². The molecule has 0 saturated carbocycles. The molecule has 2 heterocycles. The van der Waals surface area contributed by atoms with Crippen molar-refractivity contribution in [1.29, 1.82) is 0 Å². The average molecular weight is 303 g/mol. The van der Waals surface area contributed by atoms with Gasteiger partial charge in [-0.25, -0.2) is 4.79 Å². The number of aromatic nitrogens is 2. The molecule has 118 valence electrons. The molecule has 0 radical (unpaired) electrons. The first-order valence-electron chi connectivity index (χ1n) is 7.75. The molecule has 6 nitrogen and oxygen atoms in total. The summed E-state index contributed by atoms with van der Waals surface area (Å²) < 4.78 is 6.94. The predicted molar refractivity (Wildman–Crippen MR) is 80.8 cm³/mol. The standard InChI is InChI=1S/C16H21N3O3/c1-2-6-19-14-4-3-12(17-9-11-5-7-22-10-11)8-13(14)15(18-19)16(20)21/h5,7,10,12,17H,2-4,6,8-9H2,1H3,(H,20,21)/t12-/m1/s1. The van der Waals surface area contributed by atoms with Crippen molar-refractivity contribution in [2.24, 2.45) is 0 Å². The maximum Gasteiger partial charge on any atom is 0.356 e. The second kappa shape index (κ2) is 6.36. The highest BCUT2D eigenvalue weighted by Gasteiger charge is 2.28. The average Bonchev–Trinajstić information content (AvgIpc) is 3.13. The maximum atomic E-state index is 11.4. The van der Waals surface area contributed by atoms with Gasteiger partial charge in [0.05, 0.1) is 12.5 Å². The summed E-state index contributed by atoms with van der Waals surface area (Å²) in [7, 11) is 0. The number of furan rings is 1. The molecule has 2 aromatic heterocycles. The Balaban J connectivity index is 1.74. The minimum Gasteiger partial charge on any atom is -0.476 e. The number of nitrogens with one attached hydrogen (secondary N) is 1. The highest BCUT2D eigenvalue weighted by molar-refractivity contribution is 5.87. The van der Waals surface area contributed by atoms with E-state index in [0.29, 0.717) is 0 Å². The van der Waals surface area contributed by atoms with Crippen LogP contribution in [0.4, 0.5) is 0 Å². The van der Waals surface area contributed by atoms with Crippen molar-refractivity contribution < 1.29 is 14.3 Å². The summed E-state index contributed by atoms with van der Waals surface area (Å²) in [5.41, 5.74) is 3.32. The molecule has 0 unspecified atom stereocenters. The van der Waals surface area contributed by atoms with Crippen molar-refractivity contribution in [3.8, 4) is 0 Å². The molecule has 0 bridgehead atoms. The quantitative estimate of drug-likeness (QED) is 0.855. The van der Waals surface area contributed by atoms with Crippen LogP contribution in [-0.2, 0) is 25.9 Å². The van der Waals surface area contributed by atoms with Gasteiger partial charge in [-0.2, -0.15) is 5.10 Å². The molecule has 6 heteroatoms. The molecular formula is C16H21N3O3. The summed E-state index contributed by atoms with van der Waals surface area (Å²) in [6, 6.07) is 2.21. The molecule has 22 heavy (non-hydrogen) atoms. The number of aromatic carboxylic acids is 1. The van der Waals surface area contributed by atoms with Crippen LogP contribution in [0.2, 0.25) is 0 Å². The first-order valence-corrected chi connectivity index (χ1v) is 7.75. The molecule has 1 atom stereocenters. The lowest BCUT2D eigenvalue weighted by Crippen LogP contribution is -2.34. The number of carboxylic acid groups (broad SMARTS) is 1. The van der Waals surface area contributed by atoms with E-state index in [1.54, 1.807) is 12.5 Å². The van der Waals surface area contributed by atoms with Gasteiger partial charge in [0, 0.05) is 36.0 Å². The summed E-state index contributed by atoms with van der Waals surface area (Å²) in [6.45, 7) is 3.59. The summed E-state index contributed by atoms with van der Waals surface area (Å²) in [6.07, 6.45) is 6.93. The van der Waals surface area contributed by atoms with E-state index in [1.807, 2.05) is 10.7 Å². The summed E-state index contributed by atoms with van der Waals surface area (Å²) in [5, 5.41) is 17.2. The Labute approximate surface area is 129 Å². The smallest absolute Gasteiger partial charge is 0.356 e. The van der Waals surface area contributed by atoms with Gasteiger partial charge in [0.25, 0.3) is 0 Å². The van der Waals surface area contributed by atoms with Crippen molar-refractivity contribution in [2.75, 3.05) is 0 Å². The lowest BCUT2D eigenvalue weighted by atomic mass is 9.91. The first-order chi connectivity index (χ1) is 10.7. The zero-order valence-electron chi connectivity index (χ0n) is 12.7. The Morgan fingerprint density at radius 3 is 3.14 bits per heavy atom. The Morgan fingerprint density at radius 1 is 1.59 bits per heavy atom. The number of carboxylic acids is 1. The van der Waals surface area contributed by atoms with Gasteiger partial charge in [0.15, 0.2) is 5.69 Å². The van der Waals surface area contributed by atoms with Crippen molar-refractivity contribution in [3.05, 3.63) is 41.1 Å². The SMILES string of the molecule is CCCn1nc(C(=O)O)c2c1CC[C@@H](NCc1ccoc1)C2. The molecular weight excluding hydrogens is 282 g/mol. The lowest BCUT2D eigenvalue weighted by molar-refractivity contribution is 0.0688. The number of carbonyl (C=O) groups is 1. The molecule has 2 aromatic rings. The van der Waals surface area contributed by atoms with E-state index in [1.165, 1.54) is 0 Å². The van der Waals surface area contributed by atoms with Crippen molar-refractivity contribution in [1.82, 2.24) is 15.1 Å². The van der Waals surface area contributed by atoms with Crippen LogP contribution >= 0.6 is 0 Å². The topological polar surface area (TPSA) is 80.3 Å². The molecule has 0 amide bonds. The monoisotopic (exact) mass is 303 g/mol. The first kappa shape index (κ1) is 14.8. The molecule has 0 aliphatic heterocycles. The molecule has 2 N–H and O–H groups in total. The van der Waals surface area contributed by atoms with E-state index in [-0.39, 0.29) is 11.7 Å². The minimum absolute atomic E-state index is 0.221. The normalized spacial score (nSPS) is 17.4. The minimum atomic E-state index is -0.929.